The number of nitrogens with zero attached hydrogens (tertiary/aromatic N) is 1. The zero-order valence-electron chi connectivity index (χ0n) is 13.1. The summed E-state index contributed by atoms with van der Waals surface area (Å²) in [4.78, 5) is 19.3. The van der Waals surface area contributed by atoms with E-state index in [0.717, 1.165) is 27.5 Å². The van der Waals surface area contributed by atoms with Crippen LogP contribution in [0.2, 0.25) is 5.02 Å². The molecule has 0 radical (unpaired) electrons. The number of aryl methyl sites for hydroxylation is 1. The summed E-state index contributed by atoms with van der Waals surface area (Å²) in [7, 11) is 0. The molecular formula is C19H18ClN3O. The molecule has 0 atom stereocenters. The molecule has 0 aliphatic carbocycles. The van der Waals surface area contributed by atoms with Gasteiger partial charge in [0.25, 0.3) is 0 Å². The summed E-state index contributed by atoms with van der Waals surface area (Å²) in [6.07, 6.45) is 4.59. The van der Waals surface area contributed by atoms with Crippen LogP contribution in [0.25, 0.3) is 11.3 Å². The predicted octanol–water partition coefficient (Wildman–Crippen LogP) is 3.98. The molecule has 0 aliphatic rings. The summed E-state index contributed by atoms with van der Waals surface area (Å²) in [6, 6.07) is 15.5. The predicted molar refractivity (Wildman–Crippen MR) is 95.6 cm³/mol. The van der Waals surface area contributed by atoms with Crippen molar-refractivity contribution < 1.29 is 4.79 Å². The number of carbonyl (C=O) groups is 1. The van der Waals surface area contributed by atoms with Crippen LogP contribution in [0.3, 0.4) is 0 Å². The van der Waals surface area contributed by atoms with E-state index in [1.54, 1.807) is 12.4 Å². The molecule has 122 valence electrons. The number of H-pyrrole nitrogens is 1. The largest absolute Gasteiger partial charge is 0.358 e. The van der Waals surface area contributed by atoms with Gasteiger partial charge in [-0.3, -0.25) is 9.78 Å². The van der Waals surface area contributed by atoms with Crippen LogP contribution >= 0.6 is 11.6 Å². The number of hydrogen-bond donors (Lipinski definition) is 2. The van der Waals surface area contributed by atoms with Crippen LogP contribution in [0.5, 0.6) is 0 Å². The lowest BCUT2D eigenvalue weighted by atomic mass is 10.2. The number of aromatic nitrogens is 2. The maximum atomic E-state index is 11.9. The van der Waals surface area contributed by atoms with Crippen molar-refractivity contribution in [2.75, 3.05) is 0 Å². The van der Waals surface area contributed by atoms with Crippen LogP contribution in [0, 0.1) is 0 Å². The second-order valence-electron chi connectivity index (χ2n) is 5.54. The zero-order chi connectivity index (χ0) is 16.8. The van der Waals surface area contributed by atoms with Gasteiger partial charge in [0.1, 0.15) is 0 Å². The minimum atomic E-state index is 0.0292. The highest BCUT2D eigenvalue weighted by Crippen LogP contribution is 2.21. The average Bonchev–Trinajstić information content (AvgIpc) is 3.09. The SMILES string of the molecule is O=C(CCc1ccc(-c2ccc(Cl)cc2)[nH]1)NCc1cccnc1. The molecule has 0 saturated carbocycles. The number of rotatable bonds is 6. The van der Waals surface area contributed by atoms with E-state index in [9.17, 15) is 4.79 Å². The number of hydrogen-bond acceptors (Lipinski definition) is 2. The third-order valence-corrected chi connectivity index (χ3v) is 3.99. The molecule has 4 nitrogen and oxygen atoms in total. The molecule has 2 aromatic heterocycles. The van der Waals surface area contributed by atoms with Gasteiger partial charge in [0.15, 0.2) is 0 Å². The molecule has 0 fully saturated rings. The Kier molecular flexibility index (Phi) is 5.29. The van der Waals surface area contributed by atoms with E-state index in [1.807, 2.05) is 48.5 Å². The first-order valence-corrected chi connectivity index (χ1v) is 8.18. The molecule has 0 saturated heterocycles. The maximum Gasteiger partial charge on any atom is 0.220 e. The van der Waals surface area contributed by atoms with E-state index in [4.69, 9.17) is 11.6 Å². The smallest absolute Gasteiger partial charge is 0.220 e. The van der Waals surface area contributed by atoms with Gasteiger partial charge in [0.05, 0.1) is 0 Å². The van der Waals surface area contributed by atoms with Gasteiger partial charge in [-0.25, -0.2) is 0 Å². The van der Waals surface area contributed by atoms with Crippen molar-refractivity contribution in [2.45, 2.75) is 19.4 Å². The lowest BCUT2D eigenvalue weighted by Gasteiger charge is -2.04. The number of amides is 1. The van der Waals surface area contributed by atoms with Crippen LogP contribution in [0.4, 0.5) is 0 Å². The molecule has 5 heteroatoms. The Hall–Kier alpha value is -2.59. The lowest BCUT2D eigenvalue weighted by molar-refractivity contribution is -0.121. The van der Waals surface area contributed by atoms with Crippen molar-refractivity contribution in [1.82, 2.24) is 15.3 Å². The molecule has 2 N–H and O–H groups in total. The second kappa shape index (κ2) is 7.79. The van der Waals surface area contributed by atoms with Gasteiger partial charge in [0, 0.05) is 41.8 Å². The highest BCUT2D eigenvalue weighted by molar-refractivity contribution is 6.30. The highest BCUT2D eigenvalue weighted by atomic mass is 35.5. The van der Waals surface area contributed by atoms with Gasteiger partial charge >= 0.3 is 0 Å². The van der Waals surface area contributed by atoms with Crippen LogP contribution in [-0.2, 0) is 17.8 Å². The van der Waals surface area contributed by atoms with E-state index >= 15 is 0 Å². The minimum absolute atomic E-state index is 0.0292. The summed E-state index contributed by atoms with van der Waals surface area (Å²) in [6.45, 7) is 0.507. The standard InChI is InChI=1S/C19H18ClN3O/c20-16-5-3-15(4-6-16)18-9-7-17(23-18)8-10-19(24)22-13-14-2-1-11-21-12-14/h1-7,9,11-12,23H,8,10,13H2,(H,22,24). The fourth-order valence-electron chi connectivity index (χ4n) is 2.42. The van der Waals surface area contributed by atoms with Crippen LogP contribution in [-0.4, -0.2) is 15.9 Å². The summed E-state index contributed by atoms with van der Waals surface area (Å²) < 4.78 is 0. The van der Waals surface area contributed by atoms with E-state index in [1.165, 1.54) is 0 Å². The van der Waals surface area contributed by atoms with Gasteiger partial charge in [-0.2, -0.15) is 0 Å². The van der Waals surface area contributed by atoms with Crippen molar-refractivity contribution in [3.63, 3.8) is 0 Å². The van der Waals surface area contributed by atoms with Crippen molar-refractivity contribution in [2.24, 2.45) is 0 Å². The van der Waals surface area contributed by atoms with Gasteiger partial charge < -0.3 is 10.3 Å². The van der Waals surface area contributed by atoms with E-state index < -0.39 is 0 Å². The molecule has 3 aromatic rings. The quantitative estimate of drug-likeness (QED) is 0.713. The fraction of sp³-hybridized carbons (Fsp3) is 0.158. The third kappa shape index (κ3) is 4.46. The zero-order valence-corrected chi connectivity index (χ0v) is 13.9. The number of halogens is 1. The molecule has 0 spiro atoms. The van der Waals surface area contributed by atoms with Crippen LogP contribution < -0.4 is 5.32 Å². The molecule has 24 heavy (non-hydrogen) atoms. The first-order chi connectivity index (χ1) is 11.7. The Morgan fingerprint density at radius 1 is 1.12 bits per heavy atom. The summed E-state index contributed by atoms with van der Waals surface area (Å²) in [5, 5.41) is 3.62. The van der Waals surface area contributed by atoms with E-state index in [0.29, 0.717) is 19.4 Å². The van der Waals surface area contributed by atoms with Gasteiger partial charge in [0.2, 0.25) is 5.91 Å². The Morgan fingerprint density at radius 2 is 1.96 bits per heavy atom. The molecule has 0 unspecified atom stereocenters. The number of pyridine rings is 1. The Morgan fingerprint density at radius 3 is 2.71 bits per heavy atom. The van der Waals surface area contributed by atoms with Crippen LogP contribution in [0.15, 0.2) is 60.9 Å². The normalized spacial score (nSPS) is 10.5. The van der Waals surface area contributed by atoms with E-state index in [-0.39, 0.29) is 5.91 Å². The van der Waals surface area contributed by atoms with Crippen molar-refractivity contribution in [3.8, 4) is 11.3 Å². The monoisotopic (exact) mass is 339 g/mol. The molecular weight excluding hydrogens is 322 g/mol. The van der Waals surface area contributed by atoms with E-state index in [2.05, 4.69) is 15.3 Å². The first kappa shape index (κ1) is 16.3. The summed E-state index contributed by atoms with van der Waals surface area (Å²) >= 11 is 5.90. The molecule has 1 amide bonds. The highest BCUT2D eigenvalue weighted by Gasteiger charge is 2.05. The van der Waals surface area contributed by atoms with Gasteiger partial charge in [-0.05, 0) is 47.9 Å². The van der Waals surface area contributed by atoms with Crippen molar-refractivity contribution >= 4 is 17.5 Å². The molecule has 2 heterocycles. The third-order valence-electron chi connectivity index (χ3n) is 3.74. The Bertz CT molecular complexity index is 797. The summed E-state index contributed by atoms with van der Waals surface area (Å²) in [5.41, 5.74) is 4.14. The van der Waals surface area contributed by atoms with Crippen molar-refractivity contribution in [3.05, 3.63) is 77.2 Å². The molecule has 0 aliphatic heterocycles. The Balaban J connectivity index is 1.50. The number of nitrogens with one attached hydrogen (secondary N) is 2. The summed E-state index contributed by atoms with van der Waals surface area (Å²) in [5.74, 6) is 0.0292. The minimum Gasteiger partial charge on any atom is -0.358 e. The van der Waals surface area contributed by atoms with Crippen LogP contribution in [0.1, 0.15) is 17.7 Å². The number of aromatic amines is 1. The fourth-order valence-corrected chi connectivity index (χ4v) is 2.55. The Labute approximate surface area is 145 Å². The molecule has 0 bridgehead atoms. The van der Waals surface area contributed by atoms with Gasteiger partial charge in [-0.15, -0.1) is 0 Å². The topological polar surface area (TPSA) is 57.8 Å². The number of carbonyl (C=O) groups excluding carboxylic acids is 1. The number of benzene rings is 1. The average molecular weight is 340 g/mol. The lowest BCUT2D eigenvalue weighted by Crippen LogP contribution is -2.23. The molecule has 1 aromatic carbocycles. The molecule has 3 rings (SSSR count). The maximum absolute atomic E-state index is 11.9. The van der Waals surface area contributed by atoms with Gasteiger partial charge in [-0.1, -0.05) is 29.8 Å². The van der Waals surface area contributed by atoms with Crippen molar-refractivity contribution in [1.29, 1.82) is 0 Å². The first-order valence-electron chi connectivity index (χ1n) is 7.80. The second-order valence-corrected chi connectivity index (χ2v) is 5.98.